The highest BCUT2D eigenvalue weighted by atomic mass is 19.4. The molecule has 1 fully saturated rings. The average molecular weight is 273 g/mol. The fourth-order valence-corrected chi connectivity index (χ4v) is 2.55. The third kappa shape index (κ3) is 3.55. The number of benzene rings is 1. The molecule has 0 amide bonds. The summed E-state index contributed by atoms with van der Waals surface area (Å²) in [7, 11) is 1.58. The van der Waals surface area contributed by atoms with Gasteiger partial charge < -0.3 is 10.1 Å². The van der Waals surface area contributed by atoms with Gasteiger partial charge in [-0.1, -0.05) is 12.1 Å². The van der Waals surface area contributed by atoms with Gasteiger partial charge in [-0.05, 0) is 37.8 Å². The van der Waals surface area contributed by atoms with E-state index in [1.807, 2.05) is 24.3 Å². The van der Waals surface area contributed by atoms with Gasteiger partial charge in [0, 0.05) is 6.04 Å². The molecule has 2 nitrogen and oxygen atoms in total. The normalized spacial score (nSPS) is 24.0. The molecule has 1 aromatic rings. The Kier molecular flexibility index (Phi) is 4.22. The monoisotopic (exact) mass is 273 g/mol. The van der Waals surface area contributed by atoms with Gasteiger partial charge in [-0.15, -0.1) is 0 Å². The topological polar surface area (TPSA) is 21.3 Å². The number of ether oxygens (including phenoxy) is 1. The highest BCUT2D eigenvalue weighted by Gasteiger charge is 2.41. The summed E-state index contributed by atoms with van der Waals surface area (Å²) in [6.07, 6.45) is -2.55. The lowest BCUT2D eigenvalue weighted by molar-refractivity contribution is -0.182. The minimum atomic E-state index is -4.05. The number of hydrogen-bond donors (Lipinski definition) is 1. The molecule has 19 heavy (non-hydrogen) atoms. The molecule has 0 heterocycles. The van der Waals surface area contributed by atoms with Crippen molar-refractivity contribution < 1.29 is 17.9 Å². The summed E-state index contributed by atoms with van der Waals surface area (Å²) in [5, 5.41) is 3.28. The Morgan fingerprint density at radius 2 is 1.74 bits per heavy atom. The van der Waals surface area contributed by atoms with E-state index < -0.39 is 12.1 Å². The maximum atomic E-state index is 12.6. The number of methoxy groups -OCH3 is 1. The Hall–Kier alpha value is -1.39. The van der Waals surface area contributed by atoms with E-state index in [0.717, 1.165) is 11.4 Å². The van der Waals surface area contributed by atoms with E-state index in [0.29, 0.717) is 12.8 Å². The zero-order chi connectivity index (χ0) is 13.9. The molecule has 0 bridgehead atoms. The second-order valence-electron chi connectivity index (χ2n) is 4.93. The first-order valence-electron chi connectivity index (χ1n) is 6.47. The molecule has 2 rings (SSSR count). The maximum Gasteiger partial charge on any atom is 0.391 e. The van der Waals surface area contributed by atoms with E-state index in [4.69, 9.17) is 4.74 Å². The van der Waals surface area contributed by atoms with Gasteiger partial charge in [0.05, 0.1) is 18.7 Å². The van der Waals surface area contributed by atoms with Crippen molar-refractivity contribution in [2.75, 3.05) is 12.4 Å². The largest absolute Gasteiger partial charge is 0.495 e. The van der Waals surface area contributed by atoms with Crippen LogP contribution in [0.25, 0.3) is 0 Å². The molecule has 0 atom stereocenters. The summed E-state index contributed by atoms with van der Waals surface area (Å²) in [6, 6.07) is 7.56. The zero-order valence-electron chi connectivity index (χ0n) is 10.8. The summed E-state index contributed by atoms with van der Waals surface area (Å²) in [6.45, 7) is 0. The number of halogens is 3. The first kappa shape index (κ1) is 14.0. The Labute approximate surface area is 111 Å². The second kappa shape index (κ2) is 5.72. The first-order chi connectivity index (χ1) is 9.00. The standard InChI is InChI=1S/C14H18F3NO/c1-19-13-5-3-2-4-12(13)18-11-8-6-10(7-9-11)14(15,16)17/h2-5,10-11,18H,6-9H2,1H3. The molecular formula is C14H18F3NO. The van der Waals surface area contributed by atoms with E-state index in [9.17, 15) is 13.2 Å². The van der Waals surface area contributed by atoms with Gasteiger partial charge in [-0.25, -0.2) is 0 Å². The van der Waals surface area contributed by atoms with Crippen LogP contribution in [0.3, 0.4) is 0 Å². The van der Waals surface area contributed by atoms with Gasteiger partial charge in [0.15, 0.2) is 0 Å². The number of anilines is 1. The minimum absolute atomic E-state index is 0.0925. The fraction of sp³-hybridized carbons (Fsp3) is 0.571. The van der Waals surface area contributed by atoms with Crippen LogP contribution in [-0.2, 0) is 0 Å². The van der Waals surface area contributed by atoms with E-state index in [1.54, 1.807) is 7.11 Å². The molecule has 0 aliphatic heterocycles. The van der Waals surface area contributed by atoms with E-state index >= 15 is 0 Å². The van der Waals surface area contributed by atoms with Crippen LogP contribution in [0.5, 0.6) is 5.75 Å². The SMILES string of the molecule is COc1ccccc1NC1CCC(C(F)(F)F)CC1. The summed E-state index contributed by atoms with van der Waals surface area (Å²) in [5.74, 6) is -0.413. The molecule has 5 heteroatoms. The fourth-order valence-electron chi connectivity index (χ4n) is 2.55. The minimum Gasteiger partial charge on any atom is -0.495 e. The lowest BCUT2D eigenvalue weighted by atomic mass is 9.85. The summed E-state index contributed by atoms with van der Waals surface area (Å²) in [5.41, 5.74) is 0.848. The second-order valence-corrected chi connectivity index (χ2v) is 4.93. The zero-order valence-corrected chi connectivity index (χ0v) is 10.8. The van der Waals surface area contributed by atoms with Crippen LogP contribution in [0, 0.1) is 5.92 Å². The van der Waals surface area contributed by atoms with Crippen molar-refractivity contribution in [1.82, 2.24) is 0 Å². The van der Waals surface area contributed by atoms with Crippen LogP contribution in [-0.4, -0.2) is 19.3 Å². The number of hydrogen-bond acceptors (Lipinski definition) is 2. The first-order valence-corrected chi connectivity index (χ1v) is 6.47. The molecule has 0 radical (unpaired) electrons. The predicted molar refractivity (Wildman–Crippen MR) is 68.4 cm³/mol. The highest BCUT2D eigenvalue weighted by Crippen LogP contribution is 2.38. The molecular weight excluding hydrogens is 255 g/mol. The molecule has 0 spiro atoms. The van der Waals surface area contributed by atoms with E-state index in [-0.39, 0.29) is 18.9 Å². The third-order valence-corrected chi connectivity index (χ3v) is 3.66. The molecule has 1 aliphatic carbocycles. The molecule has 0 unspecified atom stereocenters. The molecule has 106 valence electrons. The van der Waals surface area contributed by atoms with Crippen LogP contribution in [0.4, 0.5) is 18.9 Å². The molecule has 1 N–H and O–H groups in total. The van der Waals surface area contributed by atoms with Crippen LogP contribution < -0.4 is 10.1 Å². The Morgan fingerprint density at radius 1 is 1.11 bits per heavy atom. The van der Waals surface area contributed by atoms with Gasteiger partial charge in [0.25, 0.3) is 0 Å². The Balaban J connectivity index is 1.92. The summed E-state index contributed by atoms with van der Waals surface area (Å²) in [4.78, 5) is 0. The molecule has 0 aromatic heterocycles. The van der Waals surface area contributed by atoms with Gasteiger partial charge in [0.2, 0.25) is 0 Å². The number of rotatable bonds is 3. The number of nitrogens with one attached hydrogen (secondary N) is 1. The van der Waals surface area contributed by atoms with Crippen molar-refractivity contribution in [2.24, 2.45) is 5.92 Å². The lowest BCUT2D eigenvalue weighted by Crippen LogP contribution is -2.32. The van der Waals surface area contributed by atoms with Crippen LogP contribution in [0.2, 0.25) is 0 Å². The number of alkyl halides is 3. The Bertz CT molecular complexity index is 411. The smallest absolute Gasteiger partial charge is 0.391 e. The van der Waals surface area contributed by atoms with Crippen molar-refractivity contribution in [2.45, 2.75) is 37.9 Å². The quantitative estimate of drug-likeness (QED) is 0.890. The van der Waals surface area contributed by atoms with Gasteiger partial charge in [-0.2, -0.15) is 13.2 Å². The predicted octanol–water partition coefficient (Wildman–Crippen LogP) is 4.23. The van der Waals surface area contributed by atoms with E-state index in [1.165, 1.54) is 0 Å². The lowest BCUT2D eigenvalue weighted by Gasteiger charge is -2.31. The van der Waals surface area contributed by atoms with Crippen LogP contribution in [0.1, 0.15) is 25.7 Å². The van der Waals surface area contributed by atoms with Crippen LogP contribution in [0.15, 0.2) is 24.3 Å². The molecule has 1 aromatic carbocycles. The Morgan fingerprint density at radius 3 is 2.32 bits per heavy atom. The number of para-hydroxylation sites is 2. The average Bonchev–Trinajstić information content (AvgIpc) is 2.39. The van der Waals surface area contributed by atoms with Gasteiger partial charge in [-0.3, -0.25) is 0 Å². The molecule has 0 saturated heterocycles. The van der Waals surface area contributed by atoms with E-state index in [2.05, 4.69) is 5.32 Å². The van der Waals surface area contributed by atoms with Crippen molar-refractivity contribution in [3.63, 3.8) is 0 Å². The molecule has 1 saturated carbocycles. The van der Waals surface area contributed by atoms with Crippen molar-refractivity contribution in [3.8, 4) is 5.75 Å². The van der Waals surface area contributed by atoms with Crippen molar-refractivity contribution in [1.29, 1.82) is 0 Å². The van der Waals surface area contributed by atoms with Crippen LogP contribution >= 0.6 is 0 Å². The highest BCUT2D eigenvalue weighted by molar-refractivity contribution is 5.56. The summed E-state index contributed by atoms with van der Waals surface area (Å²) >= 11 is 0. The summed E-state index contributed by atoms with van der Waals surface area (Å²) < 4.78 is 42.9. The molecule has 1 aliphatic rings. The maximum absolute atomic E-state index is 12.6. The van der Waals surface area contributed by atoms with Gasteiger partial charge >= 0.3 is 6.18 Å². The van der Waals surface area contributed by atoms with Crippen molar-refractivity contribution in [3.05, 3.63) is 24.3 Å². The third-order valence-electron chi connectivity index (χ3n) is 3.66. The van der Waals surface area contributed by atoms with Gasteiger partial charge in [0.1, 0.15) is 5.75 Å². The van der Waals surface area contributed by atoms with Crippen molar-refractivity contribution >= 4 is 5.69 Å².